The Hall–Kier alpha value is -1.29. The monoisotopic (exact) mass is 214 g/mol. The highest BCUT2D eigenvalue weighted by Crippen LogP contribution is 2.32. The van der Waals surface area contributed by atoms with Crippen molar-refractivity contribution >= 4 is 0 Å². The fourth-order valence-electron chi connectivity index (χ4n) is 1.25. The average molecular weight is 214 g/mol. The first-order chi connectivity index (χ1) is 7.24. The lowest BCUT2D eigenvalue weighted by Gasteiger charge is -2.13. The summed E-state index contributed by atoms with van der Waals surface area (Å²) in [5, 5.41) is 8.90. The average Bonchev–Trinajstić information content (AvgIpc) is 2.24. The molecule has 0 unspecified atom stereocenters. The predicted octanol–water partition coefficient (Wildman–Crippen LogP) is 2.12. The normalized spacial score (nSPS) is 10.1. The summed E-state index contributed by atoms with van der Waals surface area (Å²) in [6.45, 7) is 4.02. The van der Waals surface area contributed by atoms with Crippen LogP contribution in [0.25, 0.3) is 0 Å². The van der Waals surface area contributed by atoms with Crippen molar-refractivity contribution in [3.8, 4) is 11.5 Å². The minimum Gasteiger partial charge on any atom is -0.490 e. The fraction of sp³-hybridized carbons (Fsp3) is 0.455. The van der Waals surface area contributed by atoms with Crippen LogP contribution in [0.15, 0.2) is 12.1 Å². The van der Waals surface area contributed by atoms with E-state index in [-0.39, 0.29) is 17.9 Å². The van der Waals surface area contributed by atoms with Crippen LogP contribution in [0.4, 0.5) is 4.39 Å². The van der Waals surface area contributed by atoms with Crippen LogP contribution < -0.4 is 9.47 Å². The van der Waals surface area contributed by atoms with Crippen molar-refractivity contribution in [2.75, 3.05) is 13.2 Å². The summed E-state index contributed by atoms with van der Waals surface area (Å²) in [5.74, 6) is -0.106. The van der Waals surface area contributed by atoms with Gasteiger partial charge in [-0.25, -0.2) is 4.39 Å². The van der Waals surface area contributed by atoms with Crippen molar-refractivity contribution in [2.45, 2.75) is 20.5 Å². The summed E-state index contributed by atoms with van der Waals surface area (Å²) in [6.07, 6.45) is 0. The Bertz CT molecular complexity index is 326. The molecular formula is C11H15FO3. The van der Waals surface area contributed by atoms with Gasteiger partial charge in [-0.2, -0.15) is 0 Å². The molecule has 0 bridgehead atoms. The maximum atomic E-state index is 13.7. The second kappa shape index (κ2) is 5.56. The van der Waals surface area contributed by atoms with Gasteiger partial charge in [0.05, 0.1) is 19.8 Å². The van der Waals surface area contributed by atoms with Crippen LogP contribution in [0.1, 0.15) is 19.4 Å². The zero-order valence-electron chi connectivity index (χ0n) is 8.92. The number of halogens is 1. The number of ether oxygens (including phenoxy) is 2. The van der Waals surface area contributed by atoms with E-state index in [0.717, 1.165) is 0 Å². The van der Waals surface area contributed by atoms with Crippen molar-refractivity contribution in [3.63, 3.8) is 0 Å². The number of benzene rings is 1. The Morgan fingerprint density at radius 1 is 1.20 bits per heavy atom. The highest BCUT2D eigenvalue weighted by atomic mass is 19.1. The van der Waals surface area contributed by atoms with Crippen LogP contribution in [0.5, 0.6) is 11.5 Å². The van der Waals surface area contributed by atoms with Crippen LogP contribution in [0, 0.1) is 5.82 Å². The molecule has 84 valence electrons. The van der Waals surface area contributed by atoms with Crippen molar-refractivity contribution in [3.05, 3.63) is 23.5 Å². The van der Waals surface area contributed by atoms with E-state index < -0.39 is 5.82 Å². The quantitative estimate of drug-likeness (QED) is 0.815. The van der Waals surface area contributed by atoms with Gasteiger partial charge in [-0.15, -0.1) is 0 Å². The summed E-state index contributed by atoms with van der Waals surface area (Å²) < 4.78 is 24.1. The van der Waals surface area contributed by atoms with E-state index >= 15 is 0 Å². The molecule has 0 saturated carbocycles. The van der Waals surface area contributed by atoms with Gasteiger partial charge in [-0.1, -0.05) is 0 Å². The number of aliphatic hydroxyl groups excluding tert-OH is 1. The van der Waals surface area contributed by atoms with E-state index in [9.17, 15) is 4.39 Å². The Kier molecular flexibility index (Phi) is 4.37. The summed E-state index contributed by atoms with van der Waals surface area (Å²) in [7, 11) is 0. The van der Waals surface area contributed by atoms with Crippen LogP contribution in [0.2, 0.25) is 0 Å². The lowest BCUT2D eigenvalue weighted by atomic mass is 10.2. The van der Waals surface area contributed by atoms with Gasteiger partial charge < -0.3 is 14.6 Å². The highest BCUT2D eigenvalue weighted by molar-refractivity contribution is 5.44. The van der Waals surface area contributed by atoms with Crippen LogP contribution in [0.3, 0.4) is 0 Å². The van der Waals surface area contributed by atoms with Gasteiger partial charge in [0.1, 0.15) is 0 Å². The topological polar surface area (TPSA) is 38.7 Å². The maximum Gasteiger partial charge on any atom is 0.197 e. The maximum absolute atomic E-state index is 13.7. The van der Waals surface area contributed by atoms with E-state index in [1.807, 2.05) is 6.92 Å². The molecule has 3 nitrogen and oxygen atoms in total. The van der Waals surface area contributed by atoms with Gasteiger partial charge in [-0.3, -0.25) is 0 Å². The molecule has 0 saturated heterocycles. The Balaban J connectivity index is 3.11. The third-order valence-electron chi connectivity index (χ3n) is 1.90. The molecule has 1 aromatic rings. The minimum atomic E-state index is -0.551. The third kappa shape index (κ3) is 2.59. The van der Waals surface area contributed by atoms with Crippen LogP contribution in [-0.2, 0) is 6.61 Å². The van der Waals surface area contributed by atoms with Gasteiger partial charge in [-0.05, 0) is 26.0 Å². The lowest BCUT2D eigenvalue weighted by molar-refractivity contribution is 0.257. The summed E-state index contributed by atoms with van der Waals surface area (Å²) in [5.41, 5.74) is 0.210. The van der Waals surface area contributed by atoms with Crippen molar-refractivity contribution in [2.24, 2.45) is 0 Å². The predicted molar refractivity (Wildman–Crippen MR) is 54.7 cm³/mol. The highest BCUT2D eigenvalue weighted by Gasteiger charge is 2.14. The van der Waals surface area contributed by atoms with Gasteiger partial charge in [0.25, 0.3) is 0 Å². The number of aliphatic hydroxyl groups is 1. The molecule has 0 aromatic heterocycles. The molecule has 1 N–H and O–H groups in total. The molecule has 0 spiro atoms. The molecule has 0 aliphatic heterocycles. The van der Waals surface area contributed by atoms with Gasteiger partial charge in [0.2, 0.25) is 0 Å². The van der Waals surface area contributed by atoms with Gasteiger partial charge in [0.15, 0.2) is 17.3 Å². The molecule has 0 aliphatic carbocycles. The van der Waals surface area contributed by atoms with E-state index in [1.54, 1.807) is 13.0 Å². The van der Waals surface area contributed by atoms with Gasteiger partial charge in [0, 0.05) is 5.56 Å². The summed E-state index contributed by atoms with van der Waals surface area (Å²) in [6, 6.07) is 3.09. The fourth-order valence-corrected chi connectivity index (χ4v) is 1.25. The van der Waals surface area contributed by atoms with Crippen LogP contribution >= 0.6 is 0 Å². The standard InChI is InChI=1S/C11H15FO3/c1-3-14-9-6-5-8(7-13)10(12)11(9)15-4-2/h5-6,13H,3-4,7H2,1-2H3. The largest absolute Gasteiger partial charge is 0.490 e. The molecule has 0 aliphatic rings. The Morgan fingerprint density at radius 2 is 1.87 bits per heavy atom. The zero-order chi connectivity index (χ0) is 11.3. The molecule has 0 amide bonds. The number of hydrogen-bond acceptors (Lipinski definition) is 3. The first-order valence-corrected chi connectivity index (χ1v) is 4.92. The molecule has 1 aromatic carbocycles. The summed E-state index contributed by atoms with van der Waals surface area (Å²) >= 11 is 0. The van der Waals surface area contributed by atoms with E-state index in [0.29, 0.717) is 19.0 Å². The van der Waals surface area contributed by atoms with Crippen molar-refractivity contribution < 1.29 is 19.0 Å². The van der Waals surface area contributed by atoms with Gasteiger partial charge >= 0.3 is 0 Å². The molecule has 0 fully saturated rings. The third-order valence-corrected chi connectivity index (χ3v) is 1.90. The second-order valence-corrected chi connectivity index (χ2v) is 2.89. The molecular weight excluding hydrogens is 199 g/mol. The number of hydrogen-bond donors (Lipinski definition) is 1. The van der Waals surface area contributed by atoms with Crippen LogP contribution in [-0.4, -0.2) is 18.3 Å². The molecule has 1 rings (SSSR count). The van der Waals surface area contributed by atoms with E-state index in [4.69, 9.17) is 14.6 Å². The summed E-state index contributed by atoms with van der Waals surface area (Å²) in [4.78, 5) is 0. The second-order valence-electron chi connectivity index (χ2n) is 2.89. The molecule has 0 atom stereocenters. The van der Waals surface area contributed by atoms with Crippen molar-refractivity contribution in [1.82, 2.24) is 0 Å². The SMILES string of the molecule is CCOc1ccc(CO)c(F)c1OCC. The first kappa shape index (κ1) is 11.8. The first-order valence-electron chi connectivity index (χ1n) is 4.92. The Morgan fingerprint density at radius 3 is 2.40 bits per heavy atom. The lowest BCUT2D eigenvalue weighted by Crippen LogP contribution is -2.03. The number of rotatable bonds is 5. The smallest absolute Gasteiger partial charge is 0.197 e. The van der Waals surface area contributed by atoms with Crippen molar-refractivity contribution in [1.29, 1.82) is 0 Å². The minimum absolute atomic E-state index is 0.0749. The Labute approximate surface area is 88.4 Å². The molecule has 0 heterocycles. The molecule has 0 radical (unpaired) electrons. The van der Waals surface area contributed by atoms with E-state index in [2.05, 4.69) is 0 Å². The zero-order valence-corrected chi connectivity index (χ0v) is 8.92. The van der Waals surface area contributed by atoms with E-state index in [1.165, 1.54) is 6.07 Å². The molecule has 15 heavy (non-hydrogen) atoms. The molecule has 4 heteroatoms.